The second kappa shape index (κ2) is 5.14. The third kappa shape index (κ3) is 2.18. The second-order valence-electron chi connectivity index (χ2n) is 6.59. The van der Waals surface area contributed by atoms with Gasteiger partial charge >= 0.3 is 0 Å². The Balaban J connectivity index is 1.54. The largest absolute Gasteiger partial charge is 0.348 e. The summed E-state index contributed by atoms with van der Waals surface area (Å²) in [6.45, 7) is 2.31. The molecule has 20 heavy (non-hydrogen) atoms. The molecular weight excluding hydrogens is 268 g/mol. The normalized spacial score (nSPS) is 30.0. The van der Waals surface area contributed by atoms with Gasteiger partial charge in [-0.1, -0.05) is 30.6 Å². The molecule has 0 bridgehead atoms. The van der Waals surface area contributed by atoms with Crippen molar-refractivity contribution in [3.8, 4) is 0 Å². The molecule has 2 fully saturated rings. The highest BCUT2D eigenvalue weighted by atomic mass is 32.1. The fourth-order valence-electron chi connectivity index (χ4n) is 4.17. The van der Waals surface area contributed by atoms with Gasteiger partial charge in [0.1, 0.15) is 0 Å². The van der Waals surface area contributed by atoms with Crippen LogP contribution in [0.2, 0.25) is 0 Å². The molecule has 0 amide bonds. The number of hydrogen-bond donors (Lipinski definition) is 0. The summed E-state index contributed by atoms with van der Waals surface area (Å²) in [4.78, 5) is 20.2. The number of hydrogen-bond acceptors (Lipinski definition) is 4. The van der Waals surface area contributed by atoms with E-state index in [1.54, 1.807) is 11.3 Å². The molecule has 2 heterocycles. The summed E-state index contributed by atoms with van der Waals surface area (Å²) in [5.41, 5.74) is 1.08. The Morgan fingerprint density at radius 2 is 1.90 bits per heavy atom. The van der Waals surface area contributed by atoms with Crippen molar-refractivity contribution in [3.63, 3.8) is 0 Å². The Morgan fingerprint density at radius 3 is 2.75 bits per heavy atom. The van der Waals surface area contributed by atoms with Crippen LogP contribution in [0.15, 0.2) is 0 Å². The monoisotopic (exact) mass is 290 g/mol. The van der Waals surface area contributed by atoms with Crippen LogP contribution < -0.4 is 4.90 Å². The molecule has 108 valence electrons. The molecule has 1 saturated heterocycles. The first kappa shape index (κ1) is 12.8. The first-order chi connectivity index (χ1) is 9.81. The van der Waals surface area contributed by atoms with Gasteiger partial charge in [0.25, 0.3) is 0 Å². The van der Waals surface area contributed by atoms with Crippen LogP contribution in [0.25, 0.3) is 0 Å². The molecule has 2 atom stereocenters. The molecule has 1 aliphatic heterocycles. The lowest BCUT2D eigenvalue weighted by Gasteiger charge is -2.41. The number of rotatable bonds is 1. The average molecular weight is 290 g/mol. The molecule has 1 saturated carbocycles. The maximum atomic E-state index is 12.0. The predicted molar refractivity (Wildman–Crippen MR) is 81.7 cm³/mol. The van der Waals surface area contributed by atoms with Gasteiger partial charge in [0.2, 0.25) is 0 Å². The van der Waals surface area contributed by atoms with Crippen LogP contribution in [0.4, 0.5) is 5.13 Å². The van der Waals surface area contributed by atoms with E-state index in [2.05, 4.69) is 4.90 Å². The van der Waals surface area contributed by atoms with Crippen LogP contribution >= 0.6 is 11.3 Å². The van der Waals surface area contributed by atoms with Gasteiger partial charge in [-0.3, -0.25) is 4.79 Å². The number of aromatic nitrogens is 1. The Bertz CT molecular complexity index is 525. The smallest absolute Gasteiger partial charge is 0.186 e. The van der Waals surface area contributed by atoms with Crippen LogP contribution in [0.1, 0.15) is 60.3 Å². The summed E-state index contributed by atoms with van der Waals surface area (Å²) in [5.74, 6) is 2.15. The van der Waals surface area contributed by atoms with E-state index >= 15 is 0 Å². The van der Waals surface area contributed by atoms with Gasteiger partial charge < -0.3 is 4.90 Å². The zero-order valence-corrected chi connectivity index (χ0v) is 12.8. The van der Waals surface area contributed by atoms with Gasteiger partial charge in [-0.05, 0) is 37.5 Å². The fraction of sp³-hybridized carbons (Fsp3) is 0.750. The zero-order chi connectivity index (χ0) is 13.5. The maximum Gasteiger partial charge on any atom is 0.186 e. The third-order valence-corrected chi connectivity index (χ3v) is 6.52. The number of anilines is 1. The Labute approximate surface area is 124 Å². The molecule has 0 N–H and O–H groups in total. The number of ketones is 1. The number of nitrogens with zero attached hydrogens (tertiary/aromatic N) is 2. The molecule has 1 aromatic heterocycles. The SMILES string of the molecule is O=C1CCCc2nc(N3CCC4CCCCC4C3)sc21. The van der Waals surface area contributed by atoms with Crippen molar-refractivity contribution < 1.29 is 4.79 Å². The Morgan fingerprint density at radius 1 is 1.05 bits per heavy atom. The molecule has 0 aromatic carbocycles. The van der Waals surface area contributed by atoms with Crippen molar-refractivity contribution in [1.82, 2.24) is 4.98 Å². The number of carbonyl (C=O) groups excluding carboxylic acids is 1. The third-order valence-electron chi connectivity index (χ3n) is 5.32. The molecule has 1 aromatic rings. The van der Waals surface area contributed by atoms with Crippen molar-refractivity contribution in [1.29, 1.82) is 0 Å². The first-order valence-corrected chi connectivity index (χ1v) is 8.91. The van der Waals surface area contributed by atoms with Gasteiger partial charge in [-0.25, -0.2) is 4.98 Å². The molecular formula is C16H22N2OS. The molecule has 3 aliphatic rings. The van der Waals surface area contributed by atoms with Crippen LogP contribution in [0.5, 0.6) is 0 Å². The van der Waals surface area contributed by atoms with Gasteiger partial charge in [0, 0.05) is 19.5 Å². The van der Waals surface area contributed by atoms with E-state index in [4.69, 9.17) is 4.98 Å². The fourth-order valence-corrected chi connectivity index (χ4v) is 5.28. The quantitative estimate of drug-likeness (QED) is 0.791. The molecule has 0 radical (unpaired) electrons. The number of carbonyl (C=O) groups is 1. The van der Waals surface area contributed by atoms with E-state index in [9.17, 15) is 4.79 Å². The topological polar surface area (TPSA) is 33.2 Å². The standard InChI is InChI=1S/C16H22N2OS/c19-14-7-3-6-13-15(14)20-16(17-13)18-9-8-11-4-1-2-5-12(11)10-18/h11-12H,1-10H2. The van der Waals surface area contributed by atoms with Crippen molar-refractivity contribution in [2.75, 3.05) is 18.0 Å². The molecule has 3 nitrogen and oxygen atoms in total. The molecule has 2 unspecified atom stereocenters. The number of Topliss-reactive ketones (excluding diaryl/α,β-unsaturated/α-hetero) is 1. The highest BCUT2D eigenvalue weighted by molar-refractivity contribution is 7.17. The maximum absolute atomic E-state index is 12.0. The summed E-state index contributed by atoms with van der Waals surface area (Å²) in [6.07, 6.45) is 9.69. The number of thiazole rings is 1. The van der Waals surface area contributed by atoms with Gasteiger partial charge in [-0.15, -0.1) is 0 Å². The second-order valence-corrected chi connectivity index (χ2v) is 7.57. The van der Waals surface area contributed by atoms with E-state index < -0.39 is 0 Å². The van der Waals surface area contributed by atoms with Gasteiger partial charge in [-0.2, -0.15) is 0 Å². The highest BCUT2D eigenvalue weighted by Crippen LogP contribution is 2.39. The first-order valence-electron chi connectivity index (χ1n) is 8.09. The lowest BCUT2D eigenvalue weighted by Crippen LogP contribution is -2.41. The molecule has 4 heteroatoms. The summed E-state index contributed by atoms with van der Waals surface area (Å²) in [5, 5.41) is 1.12. The molecule has 0 spiro atoms. The predicted octanol–water partition coefficient (Wildman–Crippen LogP) is 3.68. The van der Waals surface area contributed by atoms with Crippen LogP contribution in [0.3, 0.4) is 0 Å². The van der Waals surface area contributed by atoms with E-state index in [0.717, 1.165) is 53.3 Å². The van der Waals surface area contributed by atoms with Crippen LogP contribution in [0, 0.1) is 11.8 Å². The lowest BCUT2D eigenvalue weighted by atomic mass is 9.75. The van der Waals surface area contributed by atoms with Gasteiger partial charge in [0.05, 0.1) is 10.6 Å². The van der Waals surface area contributed by atoms with Crippen LogP contribution in [-0.4, -0.2) is 23.9 Å². The number of aryl methyl sites for hydroxylation is 1. The average Bonchev–Trinajstić information content (AvgIpc) is 2.92. The minimum absolute atomic E-state index is 0.322. The van der Waals surface area contributed by atoms with Crippen molar-refractivity contribution in [2.24, 2.45) is 11.8 Å². The van der Waals surface area contributed by atoms with Gasteiger partial charge in [0.15, 0.2) is 10.9 Å². The summed E-state index contributed by atoms with van der Waals surface area (Å²) in [6, 6.07) is 0. The van der Waals surface area contributed by atoms with Crippen LogP contribution in [-0.2, 0) is 6.42 Å². The number of piperidine rings is 1. The Kier molecular flexibility index (Phi) is 3.29. The number of fused-ring (bicyclic) bond motifs is 2. The summed E-state index contributed by atoms with van der Waals surface area (Å²) >= 11 is 1.65. The summed E-state index contributed by atoms with van der Waals surface area (Å²) in [7, 11) is 0. The minimum atomic E-state index is 0.322. The van der Waals surface area contributed by atoms with E-state index in [1.807, 2.05) is 0 Å². The Hall–Kier alpha value is -0.900. The highest BCUT2D eigenvalue weighted by Gasteiger charge is 2.33. The van der Waals surface area contributed by atoms with E-state index in [0.29, 0.717) is 5.78 Å². The molecule has 2 aliphatic carbocycles. The van der Waals surface area contributed by atoms with Crippen molar-refractivity contribution in [2.45, 2.75) is 51.4 Å². The minimum Gasteiger partial charge on any atom is -0.348 e. The van der Waals surface area contributed by atoms with Crippen molar-refractivity contribution in [3.05, 3.63) is 10.6 Å². The lowest BCUT2D eigenvalue weighted by molar-refractivity contribution is 0.0976. The zero-order valence-electron chi connectivity index (χ0n) is 11.9. The summed E-state index contributed by atoms with van der Waals surface area (Å²) < 4.78 is 0. The van der Waals surface area contributed by atoms with Crippen molar-refractivity contribution >= 4 is 22.3 Å². The van der Waals surface area contributed by atoms with E-state index in [-0.39, 0.29) is 0 Å². The van der Waals surface area contributed by atoms with E-state index in [1.165, 1.54) is 38.6 Å². The molecule has 4 rings (SSSR count).